The van der Waals surface area contributed by atoms with E-state index in [0.29, 0.717) is 6.07 Å². The summed E-state index contributed by atoms with van der Waals surface area (Å²) in [6.07, 6.45) is 0. The Morgan fingerprint density at radius 3 is 2.44 bits per heavy atom. The molecule has 2 aromatic carbocycles. The van der Waals surface area contributed by atoms with E-state index in [1.165, 1.54) is 18.2 Å². The Morgan fingerprint density at radius 2 is 1.84 bits per heavy atom. The molecule has 3 aromatic rings. The molecule has 9 heteroatoms. The molecule has 3 rings (SSSR count). The predicted octanol–water partition coefficient (Wildman–Crippen LogP) is 3.76. The van der Waals surface area contributed by atoms with E-state index in [2.05, 4.69) is 10.3 Å². The third-order valence-electron chi connectivity index (χ3n) is 3.44. The van der Waals surface area contributed by atoms with Gasteiger partial charge in [0.2, 0.25) is 0 Å². The first kappa shape index (κ1) is 17.0. The second-order valence-electron chi connectivity index (χ2n) is 5.11. The first-order valence-electron chi connectivity index (χ1n) is 6.93. The average molecular weight is 368 g/mol. The lowest BCUT2D eigenvalue weighted by atomic mass is 10.1. The van der Waals surface area contributed by atoms with Gasteiger partial charge in [-0.15, -0.1) is 5.10 Å². The van der Waals surface area contributed by atoms with Crippen LogP contribution in [0.2, 0.25) is 5.02 Å². The molecule has 5 nitrogen and oxygen atoms in total. The molecular formula is C16H9ClF3N3O2. The first-order valence-corrected chi connectivity index (χ1v) is 7.30. The Labute approximate surface area is 144 Å². The lowest BCUT2D eigenvalue weighted by Gasteiger charge is -2.10. The zero-order chi connectivity index (χ0) is 18.1. The number of carboxylic acids is 1. The van der Waals surface area contributed by atoms with Gasteiger partial charge in [-0.05, 0) is 24.3 Å². The minimum atomic E-state index is -1.44. The maximum atomic E-state index is 14.0. The van der Waals surface area contributed by atoms with Crippen LogP contribution in [0.1, 0.15) is 16.1 Å². The summed E-state index contributed by atoms with van der Waals surface area (Å²) in [5.74, 6) is -3.87. The van der Waals surface area contributed by atoms with Crippen LogP contribution in [0, 0.1) is 17.5 Å². The van der Waals surface area contributed by atoms with Crippen molar-refractivity contribution in [2.75, 3.05) is 0 Å². The number of rotatable bonds is 4. The summed E-state index contributed by atoms with van der Waals surface area (Å²) in [4.78, 5) is 11.4. The third-order valence-corrected chi connectivity index (χ3v) is 3.80. The Balaban J connectivity index is 2.17. The van der Waals surface area contributed by atoms with E-state index < -0.39 is 29.1 Å². The Morgan fingerprint density at radius 1 is 1.16 bits per heavy atom. The topological polar surface area (TPSA) is 68.0 Å². The number of aromatic carboxylic acids is 1. The van der Waals surface area contributed by atoms with Crippen molar-refractivity contribution in [1.29, 1.82) is 0 Å². The van der Waals surface area contributed by atoms with Gasteiger partial charge in [0.05, 0.1) is 6.54 Å². The van der Waals surface area contributed by atoms with Gasteiger partial charge < -0.3 is 5.11 Å². The summed E-state index contributed by atoms with van der Waals surface area (Å²) in [6, 6.07) is 6.56. The molecule has 0 aliphatic rings. The Kier molecular flexibility index (Phi) is 4.45. The van der Waals surface area contributed by atoms with Crippen molar-refractivity contribution in [3.8, 4) is 11.3 Å². The molecule has 0 unspecified atom stereocenters. The second-order valence-corrected chi connectivity index (χ2v) is 5.51. The van der Waals surface area contributed by atoms with Gasteiger partial charge in [0.25, 0.3) is 0 Å². The van der Waals surface area contributed by atoms with Crippen molar-refractivity contribution < 1.29 is 23.1 Å². The largest absolute Gasteiger partial charge is 0.476 e. The van der Waals surface area contributed by atoms with Crippen molar-refractivity contribution in [3.05, 3.63) is 70.1 Å². The highest BCUT2D eigenvalue weighted by Crippen LogP contribution is 2.27. The molecule has 0 aliphatic heterocycles. The fourth-order valence-corrected chi connectivity index (χ4v) is 2.60. The highest BCUT2D eigenvalue weighted by Gasteiger charge is 2.23. The summed E-state index contributed by atoms with van der Waals surface area (Å²) in [6.45, 7) is -0.265. The number of nitrogens with zero attached hydrogens (tertiary/aromatic N) is 3. The molecular weight excluding hydrogens is 359 g/mol. The van der Waals surface area contributed by atoms with Crippen LogP contribution < -0.4 is 0 Å². The van der Waals surface area contributed by atoms with Crippen LogP contribution in [-0.2, 0) is 6.54 Å². The van der Waals surface area contributed by atoms with E-state index in [9.17, 15) is 23.1 Å². The van der Waals surface area contributed by atoms with Gasteiger partial charge in [0, 0.05) is 22.2 Å². The van der Waals surface area contributed by atoms with E-state index in [-0.39, 0.29) is 28.4 Å². The van der Waals surface area contributed by atoms with Crippen molar-refractivity contribution in [2.45, 2.75) is 6.54 Å². The van der Waals surface area contributed by atoms with Crippen LogP contribution in [0.5, 0.6) is 0 Å². The van der Waals surface area contributed by atoms with E-state index in [0.717, 1.165) is 16.8 Å². The number of hydrogen-bond donors (Lipinski definition) is 1. The number of carbonyl (C=O) groups is 1. The minimum absolute atomic E-state index is 0.0455. The van der Waals surface area contributed by atoms with Crippen LogP contribution in [0.4, 0.5) is 13.2 Å². The molecule has 0 fully saturated rings. The van der Waals surface area contributed by atoms with Crippen molar-refractivity contribution >= 4 is 17.6 Å². The van der Waals surface area contributed by atoms with Crippen molar-refractivity contribution in [3.63, 3.8) is 0 Å². The van der Waals surface area contributed by atoms with Gasteiger partial charge in [-0.2, -0.15) is 0 Å². The summed E-state index contributed by atoms with van der Waals surface area (Å²) >= 11 is 5.96. The van der Waals surface area contributed by atoms with Crippen molar-refractivity contribution in [2.24, 2.45) is 0 Å². The van der Waals surface area contributed by atoms with E-state index in [4.69, 9.17) is 11.6 Å². The van der Waals surface area contributed by atoms with Gasteiger partial charge in [-0.1, -0.05) is 22.9 Å². The average Bonchev–Trinajstić information content (AvgIpc) is 2.94. The smallest absolute Gasteiger partial charge is 0.358 e. The lowest BCUT2D eigenvalue weighted by Crippen LogP contribution is -2.08. The quantitative estimate of drug-likeness (QED) is 0.762. The Hall–Kier alpha value is -2.87. The van der Waals surface area contributed by atoms with Crippen molar-refractivity contribution in [1.82, 2.24) is 15.0 Å². The molecule has 0 amide bonds. The third kappa shape index (κ3) is 3.34. The monoisotopic (exact) mass is 367 g/mol. The maximum Gasteiger partial charge on any atom is 0.358 e. The molecule has 0 spiro atoms. The van der Waals surface area contributed by atoms with Gasteiger partial charge in [-0.3, -0.25) is 0 Å². The van der Waals surface area contributed by atoms with Gasteiger partial charge in [-0.25, -0.2) is 22.6 Å². The molecule has 1 N–H and O–H groups in total. The zero-order valence-corrected chi connectivity index (χ0v) is 13.1. The molecule has 1 heterocycles. The number of hydrogen-bond acceptors (Lipinski definition) is 3. The van der Waals surface area contributed by atoms with Gasteiger partial charge >= 0.3 is 5.97 Å². The fourth-order valence-electron chi connectivity index (χ4n) is 2.38. The first-order chi connectivity index (χ1) is 11.9. The molecule has 0 radical (unpaired) electrons. The van der Waals surface area contributed by atoms with Crippen LogP contribution in [0.3, 0.4) is 0 Å². The number of aromatic nitrogens is 3. The number of carboxylic acid groups (broad SMARTS) is 1. The second kappa shape index (κ2) is 6.56. The minimum Gasteiger partial charge on any atom is -0.476 e. The van der Waals surface area contributed by atoms with Crippen LogP contribution in [0.15, 0.2) is 36.4 Å². The number of halogens is 4. The van der Waals surface area contributed by atoms with Gasteiger partial charge in [0.15, 0.2) is 5.69 Å². The van der Waals surface area contributed by atoms with Gasteiger partial charge in [0.1, 0.15) is 23.1 Å². The highest BCUT2D eigenvalue weighted by atomic mass is 35.5. The molecule has 0 aliphatic carbocycles. The maximum absolute atomic E-state index is 14.0. The van der Waals surface area contributed by atoms with Crippen LogP contribution in [0.25, 0.3) is 11.3 Å². The zero-order valence-electron chi connectivity index (χ0n) is 12.4. The normalized spacial score (nSPS) is 10.9. The summed E-state index contributed by atoms with van der Waals surface area (Å²) in [5.41, 5.74) is -0.723. The SMILES string of the molecule is O=C(O)c1nnn(Cc2c(F)cccc2Cl)c1-c1cc(F)cc(F)c1. The molecule has 0 atom stereocenters. The standard InChI is InChI=1S/C16H9ClF3N3O2/c17-12-2-1-3-13(20)11(12)7-23-15(14(16(24)25)21-22-23)8-4-9(18)6-10(19)5-8/h1-6H,7H2,(H,24,25). The molecule has 0 saturated heterocycles. The number of benzene rings is 2. The molecule has 25 heavy (non-hydrogen) atoms. The fraction of sp³-hybridized carbons (Fsp3) is 0.0625. The molecule has 0 saturated carbocycles. The molecule has 128 valence electrons. The summed E-state index contributed by atoms with van der Waals surface area (Å²) in [5, 5.41) is 16.5. The predicted molar refractivity (Wildman–Crippen MR) is 82.8 cm³/mol. The van der Waals surface area contributed by atoms with Crippen LogP contribution in [-0.4, -0.2) is 26.1 Å². The summed E-state index contributed by atoms with van der Waals surface area (Å²) in [7, 11) is 0. The van der Waals surface area contributed by atoms with E-state index >= 15 is 0 Å². The van der Waals surface area contributed by atoms with E-state index in [1.54, 1.807) is 0 Å². The highest BCUT2D eigenvalue weighted by molar-refractivity contribution is 6.31. The summed E-state index contributed by atoms with van der Waals surface area (Å²) < 4.78 is 42.1. The van der Waals surface area contributed by atoms with E-state index in [1.807, 2.05) is 0 Å². The molecule has 0 bridgehead atoms. The molecule has 1 aromatic heterocycles. The Bertz CT molecular complexity index is 935. The lowest BCUT2D eigenvalue weighted by molar-refractivity contribution is 0.0691. The van der Waals surface area contributed by atoms with Crippen LogP contribution >= 0.6 is 11.6 Å².